The fourth-order valence-corrected chi connectivity index (χ4v) is 2.68. The number of ether oxygens (including phenoxy) is 1. The van der Waals surface area contributed by atoms with E-state index in [0.717, 1.165) is 0 Å². The molecule has 7 heteroatoms. The average Bonchev–Trinajstić information content (AvgIpc) is 2.42. The van der Waals surface area contributed by atoms with Crippen LogP contribution >= 0.6 is 15.9 Å². The normalized spacial score (nSPS) is 18.6. The Hall–Kier alpha value is -1.47. The van der Waals surface area contributed by atoms with E-state index in [-0.39, 0.29) is 25.4 Å². The lowest BCUT2D eigenvalue weighted by molar-refractivity contribution is -0.145. The second-order valence-corrected chi connectivity index (χ2v) is 5.68. The zero-order valence-electron chi connectivity index (χ0n) is 11.2. The van der Waals surface area contributed by atoms with Crippen LogP contribution in [0.3, 0.4) is 0 Å². The highest BCUT2D eigenvalue weighted by atomic mass is 79.9. The predicted molar refractivity (Wildman–Crippen MR) is 76.4 cm³/mol. The molecule has 1 saturated heterocycles. The Balaban J connectivity index is 2.10. The number of benzene rings is 1. The van der Waals surface area contributed by atoms with Crippen LogP contribution in [-0.4, -0.2) is 47.7 Å². The van der Waals surface area contributed by atoms with Crippen molar-refractivity contribution < 1.29 is 23.8 Å². The van der Waals surface area contributed by atoms with Crippen molar-refractivity contribution in [2.75, 3.05) is 19.8 Å². The Morgan fingerprint density at radius 1 is 1.48 bits per heavy atom. The van der Waals surface area contributed by atoms with E-state index in [1.54, 1.807) is 6.07 Å². The van der Waals surface area contributed by atoms with E-state index >= 15 is 0 Å². The molecule has 1 N–H and O–H groups in total. The van der Waals surface area contributed by atoms with Crippen molar-refractivity contribution >= 4 is 27.8 Å². The van der Waals surface area contributed by atoms with Gasteiger partial charge in [0.15, 0.2) is 0 Å². The van der Waals surface area contributed by atoms with Crippen LogP contribution in [0.25, 0.3) is 0 Å². The Morgan fingerprint density at radius 2 is 2.24 bits per heavy atom. The van der Waals surface area contributed by atoms with Gasteiger partial charge in [-0.1, -0.05) is 15.9 Å². The van der Waals surface area contributed by atoms with Gasteiger partial charge in [0.25, 0.3) is 0 Å². The summed E-state index contributed by atoms with van der Waals surface area (Å²) in [7, 11) is 0. The summed E-state index contributed by atoms with van der Waals surface area (Å²) in [6.45, 7) is 0.943. The Morgan fingerprint density at radius 3 is 2.95 bits per heavy atom. The lowest BCUT2D eigenvalue weighted by Gasteiger charge is -2.35. The molecule has 0 radical (unpaired) electrons. The minimum absolute atomic E-state index is 0.0223. The van der Waals surface area contributed by atoms with Crippen LogP contribution in [0.2, 0.25) is 0 Å². The second kappa shape index (κ2) is 7.00. The quantitative estimate of drug-likeness (QED) is 0.890. The standard InChI is InChI=1S/C14H15BrFNO4/c15-12-2-1-10(16)5-9(12)6-13(18)17-3-4-21-8-11(17)7-14(19)20/h1-2,5,11H,3-4,6-8H2,(H,19,20). The molecule has 0 aromatic heterocycles. The number of hydrogen-bond acceptors (Lipinski definition) is 3. The van der Waals surface area contributed by atoms with Gasteiger partial charge in [-0.15, -0.1) is 0 Å². The average molecular weight is 360 g/mol. The van der Waals surface area contributed by atoms with Crippen LogP contribution in [-0.2, 0) is 20.7 Å². The first-order chi connectivity index (χ1) is 9.97. The highest BCUT2D eigenvalue weighted by Crippen LogP contribution is 2.20. The molecule has 1 aliphatic heterocycles. The number of carboxylic acid groups (broad SMARTS) is 1. The van der Waals surface area contributed by atoms with Crippen molar-refractivity contribution in [3.8, 4) is 0 Å². The molecular formula is C14H15BrFNO4. The number of nitrogens with zero attached hydrogens (tertiary/aromatic N) is 1. The van der Waals surface area contributed by atoms with E-state index < -0.39 is 17.8 Å². The van der Waals surface area contributed by atoms with Crippen LogP contribution in [0.15, 0.2) is 22.7 Å². The van der Waals surface area contributed by atoms with E-state index in [0.29, 0.717) is 23.2 Å². The van der Waals surface area contributed by atoms with Crippen LogP contribution in [0, 0.1) is 5.82 Å². The zero-order valence-corrected chi connectivity index (χ0v) is 12.8. The number of morpholine rings is 1. The first-order valence-electron chi connectivity index (χ1n) is 6.50. The summed E-state index contributed by atoms with van der Waals surface area (Å²) in [4.78, 5) is 24.7. The minimum Gasteiger partial charge on any atom is -0.481 e. The maximum Gasteiger partial charge on any atom is 0.305 e. The summed E-state index contributed by atoms with van der Waals surface area (Å²) in [5.74, 6) is -1.61. The summed E-state index contributed by atoms with van der Waals surface area (Å²) in [6.07, 6.45) is -0.134. The Labute approximate surface area is 129 Å². The number of rotatable bonds is 4. The molecule has 2 rings (SSSR count). The number of aliphatic carboxylic acids is 1. The Bertz CT molecular complexity index is 552. The third-order valence-electron chi connectivity index (χ3n) is 3.31. The van der Waals surface area contributed by atoms with E-state index in [4.69, 9.17) is 9.84 Å². The van der Waals surface area contributed by atoms with E-state index in [1.807, 2.05) is 0 Å². The van der Waals surface area contributed by atoms with Gasteiger partial charge < -0.3 is 14.7 Å². The van der Waals surface area contributed by atoms with Gasteiger partial charge >= 0.3 is 5.97 Å². The van der Waals surface area contributed by atoms with Gasteiger partial charge in [0.1, 0.15) is 5.82 Å². The molecule has 1 amide bonds. The summed E-state index contributed by atoms with van der Waals surface area (Å²) in [5.41, 5.74) is 0.542. The van der Waals surface area contributed by atoms with Crippen molar-refractivity contribution in [3.63, 3.8) is 0 Å². The molecule has 0 bridgehead atoms. The molecule has 1 aromatic rings. The van der Waals surface area contributed by atoms with Gasteiger partial charge in [-0.2, -0.15) is 0 Å². The SMILES string of the molecule is O=C(O)CC1COCCN1C(=O)Cc1cc(F)ccc1Br. The molecule has 1 unspecified atom stereocenters. The highest BCUT2D eigenvalue weighted by Gasteiger charge is 2.29. The zero-order chi connectivity index (χ0) is 15.4. The highest BCUT2D eigenvalue weighted by molar-refractivity contribution is 9.10. The van der Waals surface area contributed by atoms with Crippen LogP contribution in [0.5, 0.6) is 0 Å². The first kappa shape index (κ1) is 15.9. The number of amides is 1. The smallest absolute Gasteiger partial charge is 0.305 e. The molecule has 1 heterocycles. The maximum absolute atomic E-state index is 13.2. The predicted octanol–water partition coefficient (Wildman–Crippen LogP) is 1.83. The van der Waals surface area contributed by atoms with Gasteiger partial charge in [0.05, 0.1) is 32.1 Å². The van der Waals surface area contributed by atoms with Crippen molar-refractivity contribution in [2.24, 2.45) is 0 Å². The molecule has 1 aromatic carbocycles. The second-order valence-electron chi connectivity index (χ2n) is 4.83. The largest absolute Gasteiger partial charge is 0.481 e. The van der Waals surface area contributed by atoms with Crippen molar-refractivity contribution in [1.29, 1.82) is 0 Å². The summed E-state index contributed by atoms with van der Waals surface area (Å²) >= 11 is 3.28. The van der Waals surface area contributed by atoms with Crippen molar-refractivity contribution in [2.45, 2.75) is 18.9 Å². The number of carboxylic acids is 1. The van der Waals surface area contributed by atoms with Crippen molar-refractivity contribution in [3.05, 3.63) is 34.1 Å². The summed E-state index contributed by atoms with van der Waals surface area (Å²) < 4.78 is 19.1. The molecule has 21 heavy (non-hydrogen) atoms. The fourth-order valence-electron chi connectivity index (χ4n) is 2.30. The lowest BCUT2D eigenvalue weighted by Crippen LogP contribution is -2.50. The maximum atomic E-state index is 13.2. The third-order valence-corrected chi connectivity index (χ3v) is 4.08. The van der Waals surface area contributed by atoms with E-state index in [2.05, 4.69) is 15.9 Å². The molecule has 0 saturated carbocycles. The lowest BCUT2D eigenvalue weighted by atomic mass is 10.1. The van der Waals surface area contributed by atoms with Gasteiger partial charge in [0.2, 0.25) is 5.91 Å². The van der Waals surface area contributed by atoms with Crippen LogP contribution in [0.4, 0.5) is 4.39 Å². The molecule has 0 aliphatic carbocycles. The number of carbonyl (C=O) groups excluding carboxylic acids is 1. The summed E-state index contributed by atoms with van der Waals surface area (Å²) in [5, 5.41) is 8.88. The van der Waals surface area contributed by atoms with Crippen molar-refractivity contribution in [1.82, 2.24) is 4.90 Å². The number of hydrogen-bond donors (Lipinski definition) is 1. The van der Waals surface area contributed by atoms with Gasteiger partial charge in [-0.3, -0.25) is 9.59 Å². The van der Waals surface area contributed by atoms with E-state index in [1.165, 1.54) is 17.0 Å². The molecular weight excluding hydrogens is 345 g/mol. The molecule has 5 nitrogen and oxygen atoms in total. The van der Waals surface area contributed by atoms with Crippen LogP contribution < -0.4 is 0 Å². The molecule has 1 atom stereocenters. The van der Waals surface area contributed by atoms with Gasteiger partial charge in [-0.25, -0.2) is 4.39 Å². The molecule has 1 aliphatic rings. The molecule has 0 spiro atoms. The molecule has 1 fully saturated rings. The van der Waals surface area contributed by atoms with Gasteiger partial charge in [-0.05, 0) is 23.8 Å². The van der Waals surface area contributed by atoms with E-state index in [9.17, 15) is 14.0 Å². The topological polar surface area (TPSA) is 66.8 Å². The minimum atomic E-state index is -0.977. The number of halogens is 2. The first-order valence-corrected chi connectivity index (χ1v) is 7.29. The third kappa shape index (κ3) is 4.25. The number of carbonyl (C=O) groups is 2. The monoisotopic (exact) mass is 359 g/mol. The Kier molecular flexibility index (Phi) is 5.30. The molecule has 114 valence electrons. The fraction of sp³-hybridized carbons (Fsp3) is 0.429. The van der Waals surface area contributed by atoms with Crippen LogP contribution in [0.1, 0.15) is 12.0 Å². The summed E-state index contributed by atoms with van der Waals surface area (Å²) in [6, 6.07) is 3.68. The van der Waals surface area contributed by atoms with Gasteiger partial charge in [0, 0.05) is 11.0 Å².